The van der Waals surface area contributed by atoms with E-state index in [9.17, 15) is 0 Å². The summed E-state index contributed by atoms with van der Waals surface area (Å²) in [6.45, 7) is 7.29. The van der Waals surface area contributed by atoms with Gasteiger partial charge in [-0.3, -0.25) is 0 Å². The normalized spacial score (nSPS) is 14.6. The van der Waals surface area contributed by atoms with Crippen LogP contribution in [0.15, 0.2) is 0 Å². The first-order valence-electron chi connectivity index (χ1n) is 3.08. The lowest BCUT2D eigenvalue weighted by Crippen LogP contribution is -2.18. The fourth-order valence-electron chi connectivity index (χ4n) is 0.397. The van der Waals surface area contributed by atoms with E-state index < -0.39 is 0 Å². The van der Waals surface area contributed by atoms with E-state index in [-0.39, 0.29) is 0 Å². The predicted molar refractivity (Wildman–Crippen MR) is 35.2 cm³/mol. The molecule has 0 aromatic carbocycles. The van der Waals surface area contributed by atoms with Crippen LogP contribution < -0.4 is 5.32 Å². The van der Waals surface area contributed by atoms with Crippen LogP contribution in [0.25, 0.3) is 0 Å². The van der Waals surface area contributed by atoms with Crippen LogP contribution >= 0.6 is 0 Å². The molecule has 0 saturated carbocycles. The van der Waals surface area contributed by atoms with Gasteiger partial charge in [-0.05, 0) is 18.4 Å². The van der Waals surface area contributed by atoms with E-state index in [2.05, 4.69) is 26.1 Å². The SMILES string of the molecule is [C]NCC(C)C(C)C. The smallest absolute Gasteiger partial charge is 0.0851 e. The molecule has 0 rings (SSSR count). The van der Waals surface area contributed by atoms with E-state index in [0.717, 1.165) is 6.54 Å². The van der Waals surface area contributed by atoms with Gasteiger partial charge in [0.1, 0.15) is 0 Å². The summed E-state index contributed by atoms with van der Waals surface area (Å²) in [5.41, 5.74) is 0. The van der Waals surface area contributed by atoms with Gasteiger partial charge in [0.05, 0.1) is 7.05 Å². The van der Waals surface area contributed by atoms with Gasteiger partial charge in [0.2, 0.25) is 0 Å². The van der Waals surface area contributed by atoms with Crippen molar-refractivity contribution in [3.63, 3.8) is 0 Å². The summed E-state index contributed by atoms with van der Waals surface area (Å²) < 4.78 is 0. The van der Waals surface area contributed by atoms with Crippen LogP contribution in [-0.4, -0.2) is 6.54 Å². The highest BCUT2D eigenvalue weighted by Crippen LogP contribution is 2.06. The third-order valence-electron chi connectivity index (χ3n) is 1.56. The lowest BCUT2D eigenvalue weighted by Gasteiger charge is -2.13. The van der Waals surface area contributed by atoms with Gasteiger partial charge in [-0.25, -0.2) is 0 Å². The van der Waals surface area contributed by atoms with E-state index >= 15 is 0 Å². The first-order valence-corrected chi connectivity index (χ1v) is 3.08. The monoisotopic (exact) mass is 112 g/mol. The third kappa shape index (κ3) is 3.03. The Bertz CT molecular complexity index is 50.3. The van der Waals surface area contributed by atoms with Crippen molar-refractivity contribution in [2.24, 2.45) is 11.8 Å². The Kier molecular flexibility index (Phi) is 3.88. The van der Waals surface area contributed by atoms with Crippen molar-refractivity contribution in [2.75, 3.05) is 6.54 Å². The van der Waals surface area contributed by atoms with Gasteiger partial charge in [-0.1, -0.05) is 20.8 Å². The van der Waals surface area contributed by atoms with Crippen molar-refractivity contribution in [2.45, 2.75) is 20.8 Å². The molecular weight excluding hydrogens is 98.1 g/mol. The van der Waals surface area contributed by atoms with Crippen molar-refractivity contribution in [3.8, 4) is 0 Å². The van der Waals surface area contributed by atoms with Crippen molar-refractivity contribution in [1.82, 2.24) is 5.32 Å². The molecule has 8 heavy (non-hydrogen) atoms. The number of hydrogen-bond donors (Lipinski definition) is 1. The Morgan fingerprint density at radius 3 is 2.00 bits per heavy atom. The number of rotatable bonds is 3. The summed E-state index contributed by atoms with van der Waals surface area (Å²) in [4.78, 5) is 0. The van der Waals surface area contributed by atoms with E-state index in [0.29, 0.717) is 11.8 Å². The van der Waals surface area contributed by atoms with Crippen molar-refractivity contribution >= 4 is 0 Å². The standard InChI is InChI=1S/C7H14N/c1-6(2)7(3)5-8-4/h6-8H,5H2,1-3H3. The number of hydrogen-bond acceptors (Lipinski definition) is 1. The molecule has 0 aromatic heterocycles. The minimum absolute atomic E-state index is 0.618. The second-order valence-electron chi connectivity index (χ2n) is 2.60. The van der Waals surface area contributed by atoms with Crippen LogP contribution in [-0.2, 0) is 0 Å². The van der Waals surface area contributed by atoms with Crippen LogP contribution in [0, 0.1) is 18.9 Å². The Morgan fingerprint density at radius 1 is 1.38 bits per heavy atom. The molecule has 0 aromatic rings. The largest absolute Gasteiger partial charge is 0.306 e. The van der Waals surface area contributed by atoms with Gasteiger partial charge in [0, 0.05) is 0 Å². The van der Waals surface area contributed by atoms with Crippen LogP contribution in [0.5, 0.6) is 0 Å². The molecule has 0 aliphatic rings. The Labute approximate surface area is 52.5 Å². The van der Waals surface area contributed by atoms with Gasteiger partial charge in [0.25, 0.3) is 0 Å². The quantitative estimate of drug-likeness (QED) is 0.582. The zero-order valence-corrected chi connectivity index (χ0v) is 5.86. The highest BCUT2D eigenvalue weighted by atomic mass is 14.8. The maximum Gasteiger partial charge on any atom is 0.0851 e. The van der Waals surface area contributed by atoms with Gasteiger partial charge in [-0.2, -0.15) is 0 Å². The lowest BCUT2D eigenvalue weighted by atomic mass is 9.98. The minimum atomic E-state index is 0.618. The van der Waals surface area contributed by atoms with Crippen molar-refractivity contribution < 1.29 is 0 Å². The minimum Gasteiger partial charge on any atom is -0.306 e. The van der Waals surface area contributed by atoms with E-state index in [4.69, 9.17) is 7.05 Å². The molecule has 1 heteroatoms. The predicted octanol–water partition coefficient (Wildman–Crippen LogP) is 1.41. The van der Waals surface area contributed by atoms with Gasteiger partial charge < -0.3 is 5.32 Å². The molecule has 1 atom stereocenters. The van der Waals surface area contributed by atoms with Crippen molar-refractivity contribution in [3.05, 3.63) is 7.05 Å². The van der Waals surface area contributed by atoms with Crippen molar-refractivity contribution in [1.29, 1.82) is 0 Å². The molecule has 1 unspecified atom stereocenters. The van der Waals surface area contributed by atoms with Crippen LogP contribution in [0.4, 0.5) is 0 Å². The highest BCUT2D eigenvalue weighted by Gasteiger charge is 2.03. The zero-order chi connectivity index (χ0) is 6.57. The molecule has 0 saturated heterocycles. The molecule has 0 bridgehead atoms. The van der Waals surface area contributed by atoms with Crippen LogP contribution in [0.2, 0.25) is 0 Å². The Hall–Kier alpha value is -0.0400. The fourth-order valence-corrected chi connectivity index (χ4v) is 0.397. The lowest BCUT2D eigenvalue weighted by molar-refractivity contribution is 0.410. The van der Waals surface area contributed by atoms with Crippen LogP contribution in [0.3, 0.4) is 0 Å². The summed E-state index contributed by atoms with van der Waals surface area (Å²) in [7, 11) is 6.68. The molecule has 1 N–H and O–H groups in total. The summed E-state index contributed by atoms with van der Waals surface area (Å²) in [5, 5.41) is 2.40. The van der Waals surface area contributed by atoms with E-state index in [1.807, 2.05) is 0 Å². The first kappa shape index (κ1) is 7.96. The van der Waals surface area contributed by atoms with Crippen LogP contribution in [0.1, 0.15) is 20.8 Å². The topological polar surface area (TPSA) is 12.0 Å². The maximum atomic E-state index is 6.68. The average Bonchev–Trinajstić information content (AvgIpc) is 1.67. The summed E-state index contributed by atoms with van der Waals surface area (Å²) >= 11 is 0. The Morgan fingerprint density at radius 2 is 1.88 bits per heavy atom. The van der Waals surface area contributed by atoms with Gasteiger partial charge in [-0.15, -0.1) is 0 Å². The fraction of sp³-hybridized carbons (Fsp3) is 0.857. The summed E-state index contributed by atoms with van der Waals surface area (Å²) in [6.07, 6.45) is 0. The Balaban J connectivity index is 3.17. The average molecular weight is 112 g/mol. The molecule has 47 valence electrons. The molecule has 0 aliphatic heterocycles. The zero-order valence-electron chi connectivity index (χ0n) is 5.86. The molecule has 0 heterocycles. The maximum absolute atomic E-state index is 6.68. The second kappa shape index (κ2) is 3.90. The number of nitrogens with one attached hydrogen (secondary N) is 1. The molecule has 0 spiro atoms. The molecule has 0 fully saturated rings. The summed E-state index contributed by atoms with van der Waals surface area (Å²) in [6, 6.07) is 0. The first-order chi connectivity index (χ1) is 3.68. The van der Waals surface area contributed by atoms with E-state index in [1.54, 1.807) is 0 Å². The summed E-state index contributed by atoms with van der Waals surface area (Å²) in [5.74, 6) is 1.31. The highest BCUT2D eigenvalue weighted by molar-refractivity contribution is 4.58. The molecular formula is C7H14N. The van der Waals surface area contributed by atoms with Gasteiger partial charge >= 0.3 is 0 Å². The molecule has 0 amide bonds. The molecule has 1 nitrogen and oxygen atoms in total. The third-order valence-corrected chi connectivity index (χ3v) is 1.56. The second-order valence-corrected chi connectivity index (χ2v) is 2.60. The molecule has 0 aliphatic carbocycles. The van der Waals surface area contributed by atoms with E-state index in [1.165, 1.54) is 0 Å². The molecule has 3 radical (unpaired) electrons. The van der Waals surface area contributed by atoms with Gasteiger partial charge in [0.15, 0.2) is 0 Å².